The summed E-state index contributed by atoms with van der Waals surface area (Å²) in [5.41, 5.74) is 2.01. The molecule has 2 N–H and O–H groups in total. The highest BCUT2D eigenvalue weighted by atomic mass is 16.5. The van der Waals surface area contributed by atoms with E-state index in [1.807, 2.05) is 24.3 Å². The molecular formula is C19H26N2O2. The van der Waals surface area contributed by atoms with Gasteiger partial charge in [-0.1, -0.05) is 12.1 Å². The van der Waals surface area contributed by atoms with Gasteiger partial charge in [-0.25, -0.2) is 4.79 Å². The highest BCUT2D eigenvalue weighted by molar-refractivity contribution is 5.89. The van der Waals surface area contributed by atoms with Crippen molar-refractivity contribution in [3.63, 3.8) is 0 Å². The highest BCUT2D eigenvalue weighted by Gasteiger charge is 2.51. The van der Waals surface area contributed by atoms with E-state index in [0.29, 0.717) is 6.61 Å². The van der Waals surface area contributed by atoms with Gasteiger partial charge in [0.05, 0.1) is 6.61 Å². The molecule has 0 aliphatic heterocycles. The molecule has 4 fully saturated rings. The van der Waals surface area contributed by atoms with E-state index in [2.05, 4.69) is 10.6 Å². The van der Waals surface area contributed by atoms with E-state index in [4.69, 9.17) is 4.74 Å². The zero-order valence-corrected chi connectivity index (χ0v) is 13.8. The zero-order chi connectivity index (χ0) is 15.9. The Morgan fingerprint density at radius 1 is 1.09 bits per heavy atom. The predicted molar refractivity (Wildman–Crippen MR) is 90.2 cm³/mol. The third-order valence-electron chi connectivity index (χ3n) is 5.94. The lowest BCUT2D eigenvalue weighted by Crippen LogP contribution is -2.60. The number of ether oxygens (including phenoxy) is 1. The summed E-state index contributed by atoms with van der Waals surface area (Å²) in [6.45, 7) is 0.597. The van der Waals surface area contributed by atoms with Crippen LogP contribution in [-0.4, -0.2) is 18.7 Å². The number of nitrogens with one attached hydrogen (secondary N) is 2. The van der Waals surface area contributed by atoms with Crippen LogP contribution in [-0.2, 0) is 11.3 Å². The molecule has 4 saturated carbocycles. The maximum Gasteiger partial charge on any atom is 0.319 e. The van der Waals surface area contributed by atoms with Gasteiger partial charge in [0.25, 0.3) is 0 Å². The predicted octanol–water partition coefficient (Wildman–Crippen LogP) is 3.92. The van der Waals surface area contributed by atoms with Crippen LogP contribution in [0.4, 0.5) is 10.5 Å². The molecule has 1 aromatic rings. The van der Waals surface area contributed by atoms with Gasteiger partial charge in [0.2, 0.25) is 0 Å². The van der Waals surface area contributed by atoms with Gasteiger partial charge in [-0.05, 0) is 74.0 Å². The van der Waals surface area contributed by atoms with Crippen LogP contribution in [0.3, 0.4) is 0 Å². The van der Waals surface area contributed by atoms with Gasteiger partial charge in [0.1, 0.15) is 0 Å². The summed E-state index contributed by atoms with van der Waals surface area (Å²) >= 11 is 0. The molecule has 4 heteroatoms. The number of amides is 2. The number of benzene rings is 1. The van der Waals surface area contributed by atoms with Crippen LogP contribution in [0.1, 0.15) is 44.1 Å². The average molecular weight is 314 g/mol. The molecular weight excluding hydrogens is 288 g/mol. The normalized spacial score (nSPS) is 34.4. The van der Waals surface area contributed by atoms with Gasteiger partial charge in [-0.15, -0.1) is 0 Å². The first-order valence-electron chi connectivity index (χ1n) is 8.81. The van der Waals surface area contributed by atoms with Crippen molar-refractivity contribution in [1.29, 1.82) is 0 Å². The summed E-state index contributed by atoms with van der Waals surface area (Å²) in [6, 6.07) is 7.81. The molecule has 0 spiro atoms. The van der Waals surface area contributed by atoms with Crippen molar-refractivity contribution in [3.05, 3.63) is 29.8 Å². The van der Waals surface area contributed by atoms with Crippen LogP contribution in [0.5, 0.6) is 0 Å². The lowest BCUT2D eigenvalue weighted by atomic mass is 9.53. The molecule has 124 valence electrons. The fourth-order valence-corrected chi connectivity index (χ4v) is 5.52. The molecule has 0 saturated heterocycles. The minimum absolute atomic E-state index is 0.0496. The van der Waals surface area contributed by atoms with E-state index in [0.717, 1.165) is 29.0 Å². The summed E-state index contributed by atoms with van der Waals surface area (Å²) in [5.74, 6) is 2.53. The first kappa shape index (κ1) is 15.0. The van der Waals surface area contributed by atoms with Gasteiger partial charge >= 0.3 is 6.03 Å². The lowest BCUT2D eigenvalue weighted by Gasteiger charge is -2.56. The van der Waals surface area contributed by atoms with Crippen LogP contribution in [0.15, 0.2) is 24.3 Å². The number of carbonyl (C=O) groups is 1. The maximum atomic E-state index is 12.5. The monoisotopic (exact) mass is 314 g/mol. The molecule has 4 bridgehead atoms. The van der Waals surface area contributed by atoms with Crippen molar-refractivity contribution < 1.29 is 9.53 Å². The molecule has 1 aromatic carbocycles. The number of rotatable bonds is 4. The summed E-state index contributed by atoms with van der Waals surface area (Å²) < 4.78 is 5.11. The van der Waals surface area contributed by atoms with E-state index < -0.39 is 0 Å². The second kappa shape index (κ2) is 5.82. The second-order valence-corrected chi connectivity index (χ2v) is 7.91. The minimum Gasteiger partial charge on any atom is -0.380 e. The van der Waals surface area contributed by atoms with Crippen molar-refractivity contribution in [3.8, 4) is 0 Å². The quantitative estimate of drug-likeness (QED) is 0.885. The molecule has 0 atom stereocenters. The molecule has 2 amide bonds. The molecule has 4 aliphatic carbocycles. The third-order valence-corrected chi connectivity index (χ3v) is 5.94. The molecule has 0 aromatic heterocycles. The zero-order valence-electron chi connectivity index (χ0n) is 13.8. The largest absolute Gasteiger partial charge is 0.380 e. The van der Waals surface area contributed by atoms with E-state index in [9.17, 15) is 4.79 Å². The number of hydrogen-bond donors (Lipinski definition) is 2. The first-order chi connectivity index (χ1) is 11.1. The Bertz CT molecular complexity index is 546. The number of carbonyl (C=O) groups excluding carboxylic acids is 1. The Hall–Kier alpha value is -1.55. The lowest BCUT2D eigenvalue weighted by molar-refractivity contribution is -0.0127. The van der Waals surface area contributed by atoms with Crippen LogP contribution in [0.2, 0.25) is 0 Å². The van der Waals surface area contributed by atoms with Crippen LogP contribution < -0.4 is 10.6 Å². The van der Waals surface area contributed by atoms with E-state index in [1.165, 1.54) is 38.5 Å². The smallest absolute Gasteiger partial charge is 0.319 e. The molecule has 4 aliphatic rings. The Labute approximate surface area is 138 Å². The molecule has 4 nitrogen and oxygen atoms in total. The molecule has 23 heavy (non-hydrogen) atoms. The highest BCUT2D eigenvalue weighted by Crippen LogP contribution is 2.55. The van der Waals surface area contributed by atoms with Gasteiger partial charge in [0.15, 0.2) is 0 Å². The number of methoxy groups -OCH3 is 1. The third kappa shape index (κ3) is 3.09. The summed E-state index contributed by atoms with van der Waals surface area (Å²) in [5, 5.41) is 6.33. The topological polar surface area (TPSA) is 50.4 Å². The summed E-state index contributed by atoms with van der Waals surface area (Å²) in [4.78, 5) is 12.5. The van der Waals surface area contributed by atoms with Crippen LogP contribution in [0.25, 0.3) is 0 Å². The Morgan fingerprint density at radius 2 is 1.65 bits per heavy atom. The van der Waals surface area contributed by atoms with Gasteiger partial charge in [0, 0.05) is 18.3 Å². The van der Waals surface area contributed by atoms with Crippen molar-refractivity contribution >= 4 is 11.7 Å². The van der Waals surface area contributed by atoms with Crippen molar-refractivity contribution in [2.24, 2.45) is 17.8 Å². The second-order valence-electron chi connectivity index (χ2n) is 7.91. The van der Waals surface area contributed by atoms with Crippen LogP contribution >= 0.6 is 0 Å². The van der Waals surface area contributed by atoms with Crippen molar-refractivity contribution in [1.82, 2.24) is 5.32 Å². The Morgan fingerprint density at radius 3 is 2.17 bits per heavy atom. The Balaban J connectivity index is 1.38. The van der Waals surface area contributed by atoms with Gasteiger partial charge in [-0.2, -0.15) is 0 Å². The fraction of sp³-hybridized carbons (Fsp3) is 0.632. The Kier molecular flexibility index (Phi) is 3.80. The van der Waals surface area contributed by atoms with E-state index in [1.54, 1.807) is 7.11 Å². The first-order valence-corrected chi connectivity index (χ1v) is 8.81. The minimum atomic E-state index is -0.0496. The van der Waals surface area contributed by atoms with Crippen molar-refractivity contribution in [2.75, 3.05) is 12.4 Å². The SMILES string of the molecule is COCc1ccc(NC(=O)NC23CC4CC(CC(C4)C2)C3)cc1. The van der Waals surface area contributed by atoms with E-state index in [-0.39, 0.29) is 11.6 Å². The average Bonchev–Trinajstić information content (AvgIpc) is 2.47. The number of hydrogen-bond acceptors (Lipinski definition) is 2. The molecule has 0 radical (unpaired) electrons. The number of anilines is 1. The number of urea groups is 1. The van der Waals surface area contributed by atoms with Crippen molar-refractivity contribution in [2.45, 2.75) is 50.7 Å². The maximum absolute atomic E-state index is 12.5. The molecule has 0 heterocycles. The van der Waals surface area contributed by atoms with Crippen LogP contribution in [0, 0.1) is 17.8 Å². The van der Waals surface area contributed by atoms with Gasteiger partial charge in [-0.3, -0.25) is 0 Å². The summed E-state index contributed by atoms with van der Waals surface area (Å²) in [6.07, 6.45) is 7.72. The fourth-order valence-electron chi connectivity index (χ4n) is 5.52. The molecule has 5 rings (SSSR count). The standard InChI is InChI=1S/C19H26N2O2/c1-23-12-13-2-4-17(5-3-13)20-18(22)21-19-9-14-6-15(10-19)8-16(7-14)11-19/h2-5,14-16H,6-12H2,1H3,(H2,20,21,22). The summed E-state index contributed by atoms with van der Waals surface area (Å²) in [7, 11) is 1.69. The van der Waals surface area contributed by atoms with Gasteiger partial charge < -0.3 is 15.4 Å². The van der Waals surface area contributed by atoms with E-state index >= 15 is 0 Å². The molecule has 0 unspecified atom stereocenters.